The van der Waals surface area contributed by atoms with Gasteiger partial charge in [0.05, 0.1) is 19.3 Å². The van der Waals surface area contributed by atoms with Crippen molar-refractivity contribution in [2.45, 2.75) is 32.5 Å². The van der Waals surface area contributed by atoms with Crippen molar-refractivity contribution in [3.8, 4) is 11.5 Å². The summed E-state index contributed by atoms with van der Waals surface area (Å²) in [7, 11) is 1.56. The van der Waals surface area contributed by atoms with E-state index in [1.165, 1.54) is 0 Å². The van der Waals surface area contributed by atoms with Gasteiger partial charge in [0.2, 0.25) is 0 Å². The molecule has 1 aliphatic heterocycles. The first kappa shape index (κ1) is 10.3. The molecule has 0 saturated heterocycles. The summed E-state index contributed by atoms with van der Waals surface area (Å²) in [5.74, 6) is 0.746. The Morgan fingerprint density at radius 1 is 1.47 bits per heavy atom. The van der Waals surface area contributed by atoms with Crippen LogP contribution in [0.1, 0.15) is 43.6 Å². The molecule has 0 fully saturated rings. The van der Waals surface area contributed by atoms with Gasteiger partial charge >= 0.3 is 0 Å². The Morgan fingerprint density at radius 3 is 2.80 bits per heavy atom. The third-order valence-corrected chi connectivity index (χ3v) is 2.93. The summed E-state index contributed by atoms with van der Waals surface area (Å²) in [5.41, 5.74) is 1.96. The lowest BCUT2D eigenvalue weighted by atomic mass is 9.99. The van der Waals surface area contributed by atoms with Crippen LogP contribution in [0.2, 0.25) is 0 Å². The van der Waals surface area contributed by atoms with E-state index in [9.17, 15) is 5.11 Å². The zero-order chi connectivity index (χ0) is 11.0. The molecule has 82 valence electrons. The fourth-order valence-electron chi connectivity index (χ4n) is 2.15. The van der Waals surface area contributed by atoms with E-state index < -0.39 is 0 Å². The average Bonchev–Trinajstić information content (AvgIpc) is 2.57. The Morgan fingerprint density at radius 2 is 2.20 bits per heavy atom. The topological polar surface area (TPSA) is 38.7 Å². The molecule has 0 unspecified atom stereocenters. The summed E-state index contributed by atoms with van der Waals surface area (Å²) in [5, 5.41) is 10.0. The molecule has 3 heteroatoms. The minimum atomic E-state index is -0.00917. The van der Waals surface area contributed by atoms with Crippen LogP contribution in [0.5, 0.6) is 11.5 Å². The first-order valence-electron chi connectivity index (χ1n) is 5.24. The SMILES string of the molecule is CC[C@@H]1O[C@@H](C)c2ccc(OC)c(O)c21. The number of aromatic hydroxyl groups is 1. The Kier molecular flexibility index (Phi) is 2.57. The van der Waals surface area contributed by atoms with Crippen molar-refractivity contribution in [2.75, 3.05) is 7.11 Å². The molecule has 0 spiro atoms. The van der Waals surface area contributed by atoms with E-state index in [2.05, 4.69) is 0 Å². The summed E-state index contributed by atoms with van der Waals surface area (Å²) in [4.78, 5) is 0. The lowest BCUT2D eigenvalue weighted by Gasteiger charge is -2.11. The smallest absolute Gasteiger partial charge is 0.163 e. The molecular weight excluding hydrogens is 192 g/mol. The van der Waals surface area contributed by atoms with Crippen molar-refractivity contribution in [1.29, 1.82) is 0 Å². The summed E-state index contributed by atoms with van der Waals surface area (Å²) < 4.78 is 10.8. The molecule has 0 radical (unpaired) electrons. The van der Waals surface area contributed by atoms with Crippen LogP contribution in [0.4, 0.5) is 0 Å². The number of phenolic OH excluding ortho intramolecular Hbond substituents is 1. The van der Waals surface area contributed by atoms with E-state index in [0.29, 0.717) is 5.75 Å². The lowest BCUT2D eigenvalue weighted by Crippen LogP contribution is -1.95. The van der Waals surface area contributed by atoms with Crippen LogP contribution in [0.3, 0.4) is 0 Å². The van der Waals surface area contributed by atoms with E-state index >= 15 is 0 Å². The first-order chi connectivity index (χ1) is 7.19. The maximum atomic E-state index is 10.0. The van der Waals surface area contributed by atoms with Crippen molar-refractivity contribution in [2.24, 2.45) is 0 Å². The Bertz CT molecular complexity index is 373. The zero-order valence-electron chi connectivity index (χ0n) is 9.28. The molecule has 0 bridgehead atoms. The van der Waals surface area contributed by atoms with Crippen LogP contribution in [-0.4, -0.2) is 12.2 Å². The number of rotatable bonds is 2. The van der Waals surface area contributed by atoms with Gasteiger partial charge < -0.3 is 14.6 Å². The molecular formula is C12H16O3. The minimum absolute atomic E-state index is 0.00917. The van der Waals surface area contributed by atoms with E-state index in [4.69, 9.17) is 9.47 Å². The van der Waals surface area contributed by atoms with Crippen LogP contribution >= 0.6 is 0 Å². The van der Waals surface area contributed by atoms with Crippen LogP contribution in [-0.2, 0) is 4.74 Å². The molecule has 1 heterocycles. The fourth-order valence-corrected chi connectivity index (χ4v) is 2.15. The van der Waals surface area contributed by atoms with Gasteiger partial charge in [0.25, 0.3) is 0 Å². The van der Waals surface area contributed by atoms with Crippen molar-refractivity contribution in [1.82, 2.24) is 0 Å². The molecule has 0 aliphatic carbocycles. The largest absolute Gasteiger partial charge is 0.504 e. The van der Waals surface area contributed by atoms with Crippen molar-refractivity contribution < 1.29 is 14.6 Å². The third-order valence-electron chi connectivity index (χ3n) is 2.93. The maximum Gasteiger partial charge on any atom is 0.163 e. The molecule has 0 saturated carbocycles. The normalized spacial score (nSPS) is 23.9. The van der Waals surface area contributed by atoms with Gasteiger partial charge in [-0.15, -0.1) is 0 Å². The van der Waals surface area contributed by atoms with Crippen LogP contribution in [0.25, 0.3) is 0 Å². The van der Waals surface area contributed by atoms with Crippen LogP contribution in [0, 0.1) is 0 Å². The Hall–Kier alpha value is -1.22. The van der Waals surface area contributed by atoms with Gasteiger partial charge in [-0.1, -0.05) is 13.0 Å². The van der Waals surface area contributed by atoms with Crippen LogP contribution < -0.4 is 4.74 Å². The number of fused-ring (bicyclic) bond motifs is 1. The number of benzene rings is 1. The molecule has 1 aromatic rings. The van der Waals surface area contributed by atoms with E-state index in [1.807, 2.05) is 19.9 Å². The monoisotopic (exact) mass is 208 g/mol. The highest BCUT2D eigenvalue weighted by atomic mass is 16.5. The average molecular weight is 208 g/mol. The standard InChI is InChI=1S/C12H16O3/c1-4-9-11-8(7(2)15-9)5-6-10(14-3)12(11)13/h5-7,9,13H,4H2,1-3H3/t7-,9-/m0/s1. The van der Waals surface area contributed by atoms with Crippen molar-refractivity contribution in [3.05, 3.63) is 23.3 Å². The van der Waals surface area contributed by atoms with Crippen LogP contribution in [0.15, 0.2) is 12.1 Å². The number of hydrogen-bond acceptors (Lipinski definition) is 3. The predicted molar refractivity (Wildman–Crippen MR) is 57.2 cm³/mol. The molecule has 15 heavy (non-hydrogen) atoms. The highest BCUT2D eigenvalue weighted by Gasteiger charge is 2.31. The number of methoxy groups -OCH3 is 1. The molecule has 1 aromatic carbocycles. The van der Waals surface area contributed by atoms with Crippen molar-refractivity contribution >= 4 is 0 Å². The van der Waals surface area contributed by atoms with Crippen molar-refractivity contribution in [3.63, 3.8) is 0 Å². The van der Waals surface area contributed by atoms with Gasteiger partial charge in [-0.2, -0.15) is 0 Å². The van der Waals surface area contributed by atoms with Gasteiger partial charge in [0.15, 0.2) is 11.5 Å². The number of ether oxygens (including phenoxy) is 2. The van der Waals surface area contributed by atoms with E-state index in [-0.39, 0.29) is 18.0 Å². The molecule has 0 amide bonds. The summed E-state index contributed by atoms with van der Waals surface area (Å²) >= 11 is 0. The van der Waals surface area contributed by atoms with Gasteiger partial charge in [-0.25, -0.2) is 0 Å². The second kappa shape index (κ2) is 3.74. The first-order valence-corrected chi connectivity index (χ1v) is 5.24. The maximum absolute atomic E-state index is 10.0. The number of hydrogen-bond donors (Lipinski definition) is 1. The summed E-state index contributed by atoms with van der Waals surface area (Å²) in [6.07, 6.45) is 0.907. The Labute approximate surface area is 89.6 Å². The molecule has 3 nitrogen and oxygen atoms in total. The molecule has 2 atom stereocenters. The van der Waals surface area contributed by atoms with Gasteiger partial charge in [-0.3, -0.25) is 0 Å². The lowest BCUT2D eigenvalue weighted by molar-refractivity contribution is 0.0192. The summed E-state index contributed by atoms with van der Waals surface area (Å²) in [6.45, 7) is 4.05. The Balaban J connectivity index is 2.55. The van der Waals surface area contributed by atoms with Gasteiger partial charge in [-0.05, 0) is 25.0 Å². The van der Waals surface area contributed by atoms with E-state index in [0.717, 1.165) is 17.5 Å². The van der Waals surface area contributed by atoms with Gasteiger partial charge in [0, 0.05) is 5.56 Å². The predicted octanol–water partition coefficient (Wildman–Crippen LogP) is 2.94. The molecule has 1 aliphatic rings. The molecule has 1 N–H and O–H groups in total. The minimum Gasteiger partial charge on any atom is -0.504 e. The van der Waals surface area contributed by atoms with Gasteiger partial charge in [0.1, 0.15) is 0 Å². The second-order valence-corrected chi connectivity index (χ2v) is 3.79. The highest BCUT2D eigenvalue weighted by molar-refractivity contribution is 5.53. The molecule has 0 aromatic heterocycles. The quantitative estimate of drug-likeness (QED) is 0.812. The summed E-state index contributed by atoms with van der Waals surface area (Å²) in [6, 6.07) is 3.75. The second-order valence-electron chi connectivity index (χ2n) is 3.79. The third kappa shape index (κ3) is 1.47. The fraction of sp³-hybridized carbons (Fsp3) is 0.500. The zero-order valence-corrected chi connectivity index (χ0v) is 9.28. The van der Waals surface area contributed by atoms with E-state index in [1.54, 1.807) is 13.2 Å². The molecule has 2 rings (SSSR count). The highest BCUT2D eigenvalue weighted by Crippen LogP contribution is 2.48. The number of phenols is 1.